The van der Waals surface area contributed by atoms with Crippen LogP contribution in [0, 0.1) is 11.3 Å². The fraction of sp³-hybridized carbons (Fsp3) is 0.368. The number of hydrogen-bond donors (Lipinski definition) is 2. The molecule has 1 fully saturated rings. The van der Waals surface area contributed by atoms with E-state index < -0.39 is 5.41 Å². The summed E-state index contributed by atoms with van der Waals surface area (Å²) >= 11 is 0. The molecule has 4 nitrogen and oxygen atoms in total. The Morgan fingerprint density at radius 3 is 3.00 bits per heavy atom. The predicted octanol–water partition coefficient (Wildman–Crippen LogP) is 2.77. The van der Waals surface area contributed by atoms with Gasteiger partial charge in [0.1, 0.15) is 0 Å². The lowest BCUT2D eigenvalue weighted by Gasteiger charge is -2.15. The molecule has 2 aromatic rings. The Morgan fingerprint density at radius 2 is 2.26 bits per heavy atom. The zero-order valence-corrected chi connectivity index (χ0v) is 13.5. The van der Waals surface area contributed by atoms with Gasteiger partial charge in [0.15, 0.2) is 0 Å². The molecular formula is C19H22N2O2. The highest BCUT2D eigenvalue weighted by Crippen LogP contribution is 2.53. The van der Waals surface area contributed by atoms with Crippen LogP contribution < -0.4 is 5.32 Å². The Morgan fingerprint density at radius 1 is 1.48 bits per heavy atom. The quantitative estimate of drug-likeness (QED) is 0.892. The number of aromatic nitrogens is 1. The summed E-state index contributed by atoms with van der Waals surface area (Å²) in [7, 11) is 0. The number of allylic oxidation sites excluding steroid dienone is 1. The third kappa shape index (κ3) is 3.13. The Bertz CT molecular complexity index is 754. The zero-order valence-electron chi connectivity index (χ0n) is 13.5. The number of amides is 1. The third-order valence-corrected chi connectivity index (χ3v) is 4.42. The first-order valence-electron chi connectivity index (χ1n) is 8.00. The maximum atomic E-state index is 12.2. The number of para-hydroxylation sites is 1. The SMILES string of the molecule is CC(C)NC(=O)C1(CO)CC1/C=C/c1cnc2ccccc2c1. The summed E-state index contributed by atoms with van der Waals surface area (Å²) in [6.45, 7) is 3.74. The Kier molecular flexibility index (Phi) is 4.18. The highest BCUT2D eigenvalue weighted by Gasteiger charge is 2.58. The van der Waals surface area contributed by atoms with Crippen LogP contribution in [0.1, 0.15) is 25.8 Å². The smallest absolute Gasteiger partial charge is 0.229 e. The van der Waals surface area contributed by atoms with Crippen LogP contribution in [-0.2, 0) is 4.79 Å². The highest BCUT2D eigenvalue weighted by molar-refractivity contribution is 5.87. The average Bonchev–Trinajstić information content (AvgIpc) is 3.27. The molecule has 1 aliphatic carbocycles. The van der Waals surface area contributed by atoms with Crippen molar-refractivity contribution in [3.63, 3.8) is 0 Å². The van der Waals surface area contributed by atoms with E-state index in [1.165, 1.54) is 0 Å². The fourth-order valence-electron chi connectivity index (χ4n) is 2.91. The van der Waals surface area contributed by atoms with Crippen molar-refractivity contribution in [2.45, 2.75) is 26.3 Å². The number of pyridine rings is 1. The van der Waals surface area contributed by atoms with E-state index in [0.717, 1.165) is 16.5 Å². The van der Waals surface area contributed by atoms with E-state index in [1.54, 1.807) is 0 Å². The van der Waals surface area contributed by atoms with Gasteiger partial charge in [0.05, 0.1) is 17.5 Å². The van der Waals surface area contributed by atoms with Crippen LogP contribution in [0.4, 0.5) is 0 Å². The molecule has 1 saturated carbocycles. The molecule has 2 atom stereocenters. The molecule has 3 rings (SSSR count). The zero-order chi connectivity index (χ0) is 16.4. The van der Waals surface area contributed by atoms with Crippen LogP contribution in [0.3, 0.4) is 0 Å². The molecule has 2 unspecified atom stereocenters. The summed E-state index contributed by atoms with van der Waals surface area (Å²) in [4.78, 5) is 16.7. The maximum Gasteiger partial charge on any atom is 0.229 e. The summed E-state index contributed by atoms with van der Waals surface area (Å²) in [6.07, 6.45) is 6.53. The predicted molar refractivity (Wildman–Crippen MR) is 91.7 cm³/mol. The van der Waals surface area contributed by atoms with E-state index in [1.807, 2.05) is 56.5 Å². The molecule has 4 heteroatoms. The van der Waals surface area contributed by atoms with Crippen LogP contribution in [0.5, 0.6) is 0 Å². The Hall–Kier alpha value is -2.20. The highest BCUT2D eigenvalue weighted by atomic mass is 16.3. The van der Waals surface area contributed by atoms with Crippen LogP contribution in [0.2, 0.25) is 0 Å². The summed E-state index contributed by atoms with van der Waals surface area (Å²) in [5, 5.41) is 13.6. The molecule has 0 radical (unpaired) electrons. The van der Waals surface area contributed by atoms with Gasteiger partial charge in [-0.25, -0.2) is 0 Å². The van der Waals surface area contributed by atoms with E-state index >= 15 is 0 Å². The summed E-state index contributed by atoms with van der Waals surface area (Å²) in [5.41, 5.74) is 1.33. The Balaban J connectivity index is 1.73. The number of benzene rings is 1. The van der Waals surface area contributed by atoms with Gasteiger partial charge < -0.3 is 10.4 Å². The fourth-order valence-corrected chi connectivity index (χ4v) is 2.91. The number of carbonyl (C=O) groups excluding carboxylic acids is 1. The maximum absolute atomic E-state index is 12.2. The monoisotopic (exact) mass is 310 g/mol. The average molecular weight is 310 g/mol. The minimum atomic E-state index is -0.648. The van der Waals surface area contributed by atoms with Crippen molar-refractivity contribution in [3.05, 3.63) is 48.2 Å². The first-order valence-corrected chi connectivity index (χ1v) is 8.00. The number of rotatable bonds is 5. The second kappa shape index (κ2) is 6.13. The van der Waals surface area contributed by atoms with Gasteiger partial charge in [-0.3, -0.25) is 9.78 Å². The van der Waals surface area contributed by atoms with Crippen LogP contribution in [-0.4, -0.2) is 28.6 Å². The van der Waals surface area contributed by atoms with Gasteiger partial charge in [-0.05, 0) is 43.9 Å². The standard InChI is InChI=1S/C19H22N2O2/c1-13(2)21-18(23)19(12-22)10-16(19)8-7-14-9-15-5-3-4-6-17(15)20-11-14/h3-9,11,13,16,22H,10,12H2,1-2H3,(H,21,23)/b8-7+. The Labute approximate surface area is 136 Å². The molecule has 0 saturated heterocycles. The van der Waals surface area contributed by atoms with Gasteiger partial charge in [-0.1, -0.05) is 30.4 Å². The van der Waals surface area contributed by atoms with Crippen molar-refractivity contribution in [1.82, 2.24) is 10.3 Å². The second-order valence-electron chi connectivity index (χ2n) is 6.57. The summed E-state index contributed by atoms with van der Waals surface area (Å²) in [6, 6.07) is 10.1. The lowest BCUT2D eigenvalue weighted by molar-refractivity contribution is -0.128. The largest absolute Gasteiger partial charge is 0.395 e. The van der Waals surface area contributed by atoms with Crippen molar-refractivity contribution in [1.29, 1.82) is 0 Å². The van der Waals surface area contributed by atoms with E-state index in [2.05, 4.69) is 16.4 Å². The van der Waals surface area contributed by atoms with Gasteiger partial charge in [0.2, 0.25) is 5.91 Å². The van der Waals surface area contributed by atoms with Crippen LogP contribution in [0.15, 0.2) is 42.6 Å². The molecule has 1 heterocycles. The van der Waals surface area contributed by atoms with Crippen LogP contribution >= 0.6 is 0 Å². The minimum Gasteiger partial charge on any atom is -0.395 e. The molecule has 23 heavy (non-hydrogen) atoms. The molecule has 120 valence electrons. The van der Waals surface area contributed by atoms with Crippen molar-refractivity contribution >= 4 is 22.9 Å². The number of aliphatic hydroxyl groups excluding tert-OH is 1. The number of nitrogens with one attached hydrogen (secondary N) is 1. The van der Waals surface area contributed by atoms with E-state index in [9.17, 15) is 9.90 Å². The van der Waals surface area contributed by atoms with Gasteiger partial charge >= 0.3 is 0 Å². The lowest BCUT2D eigenvalue weighted by Crippen LogP contribution is -2.39. The summed E-state index contributed by atoms with van der Waals surface area (Å²) < 4.78 is 0. The number of fused-ring (bicyclic) bond motifs is 1. The molecule has 1 aliphatic rings. The van der Waals surface area contributed by atoms with Gasteiger partial charge in [0.25, 0.3) is 0 Å². The lowest BCUT2D eigenvalue weighted by atomic mass is 10.0. The number of nitrogens with zero attached hydrogens (tertiary/aromatic N) is 1. The topological polar surface area (TPSA) is 62.2 Å². The molecular weight excluding hydrogens is 288 g/mol. The first kappa shape index (κ1) is 15.7. The van der Waals surface area contributed by atoms with Crippen LogP contribution in [0.25, 0.3) is 17.0 Å². The van der Waals surface area contributed by atoms with Gasteiger partial charge in [-0.15, -0.1) is 0 Å². The third-order valence-electron chi connectivity index (χ3n) is 4.42. The van der Waals surface area contributed by atoms with E-state index in [4.69, 9.17) is 0 Å². The van der Waals surface area contributed by atoms with Gasteiger partial charge in [-0.2, -0.15) is 0 Å². The van der Waals surface area contributed by atoms with Crippen molar-refractivity contribution < 1.29 is 9.90 Å². The molecule has 1 amide bonds. The van der Waals surface area contributed by atoms with E-state index in [0.29, 0.717) is 6.42 Å². The molecule has 1 aromatic carbocycles. The second-order valence-corrected chi connectivity index (χ2v) is 6.57. The molecule has 0 aliphatic heterocycles. The van der Waals surface area contributed by atoms with Gasteiger partial charge in [0, 0.05) is 17.6 Å². The molecule has 0 bridgehead atoms. The van der Waals surface area contributed by atoms with E-state index in [-0.39, 0.29) is 24.5 Å². The van der Waals surface area contributed by atoms with Crippen molar-refractivity contribution in [2.75, 3.05) is 6.61 Å². The molecule has 2 N–H and O–H groups in total. The number of carbonyl (C=O) groups is 1. The number of hydrogen-bond acceptors (Lipinski definition) is 3. The normalized spacial score (nSPS) is 23.6. The first-order chi connectivity index (χ1) is 11.0. The summed E-state index contributed by atoms with van der Waals surface area (Å²) in [5.74, 6) is 0.0269. The minimum absolute atomic E-state index is 0.0544. The molecule has 1 aromatic heterocycles. The van der Waals surface area contributed by atoms with Crippen molar-refractivity contribution in [3.8, 4) is 0 Å². The molecule has 0 spiro atoms. The number of aliphatic hydroxyl groups is 1. The van der Waals surface area contributed by atoms with Crippen molar-refractivity contribution in [2.24, 2.45) is 11.3 Å².